The second-order valence-corrected chi connectivity index (χ2v) is 12.6. The number of aromatic hydroxyl groups is 1. The molecular weight excluding hydrogens is 616 g/mol. The Hall–Kier alpha value is -5.84. The van der Waals surface area contributed by atoms with Crippen LogP contribution in [0.15, 0.2) is 91.0 Å². The number of fused-ring (bicyclic) bond motifs is 4. The Balaban J connectivity index is 1.32. The van der Waals surface area contributed by atoms with E-state index in [-0.39, 0.29) is 41.1 Å². The number of allylic oxidation sites excluding steroid dienone is 3. The van der Waals surface area contributed by atoms with Crippen LogP contribution in [0, 0.1) is 29.6 Å². The number of carboxylic acids is 2. The molecule has 242 valence electrons. The maximum Gasteiger partial charge on any atom is 0.335 e. The summed E-state index contributed by atoms with van der Waals surface area (Å²) in [6.07, 6.45) is 4.18. The third kappa shape index (κ3) is 4.56. The van der Waals surface area contributed by atoms with Gasteiger partial charge in [0.05, 0.1) is 46.2 Å². The van der Waals surface area contributed by atoms with Gasteiger partial charge in [-0.15, -0.1) is 6.58 Å². The van der Waals surface area contributed by atoms with Crippen molar-refractivity contribution in [3.05, 3.63) is 113 Å². The zero-order valence-corrected chi connectivity index (χ0v) is 25.5. The number of amides is 4. The van der Waals surface area contributed by atoms with Crippen molar-refractivity contribution in [3.8, 4) is 5.75 Å². The van der Waals surface area contributed by atoms with Gasteiger partial charge in [-0.2, -0.15) is 0 Å². The zero-order chi connectivity index (χ0) is 34.0. The van der Waals surface area contributed by atoms with Crippen LogP contribution in [0.5, 0.6) is 5.75 Å². The molecule has 1 saturated carbocycles. The molecule has 3 fully saturated rings. The number of anilines is 2. The molecule has 0 radical (unpaired) electrons. The molecule has 11 heteroatoms. The average Bonchev–Trinajstić information content (AvgIpc) is 3.48. The van der Waals surface area contributed by atoms with Crippen molar-refractivity contribution in [3.63, 3.8) is 0 Å². The number of phenolic OH excluding ortho intramolecular Hbond substituents is 1. The first-order valence-corrected chi connectivity index (χ1v) is 15.6. The molecule has 3 aromatic rings. The van der Waals surface area contributed by atoms with E-state index < -0.39 is 71.1 Å². The van der Waals surface area contributed by atoms with Crippen molar-refractivity contribution in [1.82, 2.24) is 0 Å². The normalized spacial score (nSPS) is 26.1. The minimum absolute atomic E-state index is 0.00504. The summed E-state index contributed by atoms with van der Waals surface area (Å²) in [5.74, 6) is -9.01. The average molecular weight is 647 g/mol. The molecule has 3 aromatic carbocycles. The van der Waals surface area contributed by atoms with Crippen molar-refractivity contribution < 1.29 is 44.1 Å². The van der Waals surface area contributed by atoms with E-state index in [0.717, 1.165) is 9.80 Å². The minimum Gasteiger partial charge on any atom is -0.507 e. The molecule has 2 heterocycles. The SMILES string of the molecule is C=CCc1cccc([C@H]2C3=CC[C@@H]4C(=O)N(c5ccc(C(=O)O)cc5)C(=O)[C@@H]4[C@@H]3C[C@H]3C(=O)N(c4ccc(C(=O)O)cc4)C(=O)[C@@H]23)c1O. The molecular formula is C37H30N2O9. The molecule has 7 rings (SSSR count). The van der Waals surface area contributed by atoms with Crippen LogP contribution in [0.4, 0.5) is 11.4 Å². The van der Waals surface area contributed by atoms with Crippen LogP contribution >= 0.6 is 0 Å². The first-order valence-electron chi connectivity index (χ1n) is 15.6. The standard InChI is InChI=1S/C37H30N2O9/c1-2-4-18-5-3-6-24(31(18)40)28-23-15-16-25-29(34(43)38(32(25)41)21-11-7-19(8-12-21)36(45)46)26(23)17-27-30(28)35(44)39(33(27)42)22-13-9-20(10-14-22)37(47)48/h2-3,5-15,25-30,40H,1,4,16-17H2,(H,45,46)(H,47,48)/t25-,26+,27+,28+,29-,30+/m0/s1. The summed E-state index contributed by atoms with van der Waals surface area (Å²) in [6, 6.07) is 16.1. The molecule has 11 nitrogen and oxygen atoms in total. The predicted molar refractivity (Wildman–Crippen MR) is 171 cm³/mol. The number of carboxylic acid groups (broad SMARTS) is 2. The van der Waals surface area contributed by atoms with Gasteiger partial charge in [0.2, 0.25) is 23.6 Å². The molecule has 0 spiro atoms. The Bertz CT molecular complexity index is 1960. The molecule has 6 atom stereocenters. The highest BCUT2D eigenvalue weighted by atomic mass is 16.4. The van der Waals surface area contributed by atoms with Gasteiger partial charge in [-0.1, -0.05) is 35.9 Å². The van der Waals surface area contributed by atoms with Gasteiger partial charge in [0, 0.05) is 11.5 Å². The molecule has 0 unspecified atom stereocenters. The maximum absolute atomic E-state index is 14.3. The molecule has 4 aliphatic rings. The lowest BCUT2D eigenvalue weighted by molar-refractivity contribution is -0.126. The van der Waals surface area contributed by atoms with Crippen molar-refractivity contribution >= 4 is 46.9 Å². The van der Waals surface area contributed by atoms with E-state index in [0.29, 0.717) is 23.1 Å². The monoisotopic (exact) mass is 646 g/mol. The topological polar surface area (TPSA) is 170 Å². The summed E-state index contributed by atoms with van der Waals surface area (Å²) in [5.41, 5.74) is 2.17. The number of benzene rings is 3. The lowest BCUT2D eigenvalue weighted by Gasteiger charge is -2.44. The van der Waals surface area contributed by atoms with Crippen LogP contribution in [0.3, 0.4) is 0 Å². The highest BCUT2D eigenvalue weighted by Gasteiger charge is 2.62. The molecule has 0 bridgehead atoms. The third-order valence-corrected chi connectivity index (χ3v) is 10.2. The summed E-state index contributed by atoms with van der Waals surface area (Å²) in [6.45, 7) is 3.77. The molecule has 2 aliphatic heterocycles. The van der Waals surface area contributed by atoms with Crippen LogP contribution < -0.4 is 9.80 Å². The second kappa shape index (κ2) is 11.4. The molecule has 3 N–H and O–H groups in total. The van der Waals surface area contributed by atoms with E-state index >= 15 is 0 Å². The van der Waals surface area contributed by atoms with Gasteiger partial charge in [-0.25, -0.2) is 9.59 Å². The van der Waals surface area contributed by atoms with Gasteiger partial charge in [-0.3, -0.25) is 29.0 Å². The molecule has 0 aromatic heterocycles. The van der Waals surface area contributed by atoms with Crippen LogP contribution in [0.1, 0.15) is 50.6 Å². The van der Waals surface area contributed by atoms with Gasteiger partial charge in [0.1, 0.15) is 5.75 Å². The number of rotatable bonds is 7. The van der Waals surface area contributed by atoms with Gasteiger partial charge >= 0.3 is 11.9 Å². The third-order valence-electron chi connectivity index (χ3n) is 10.2. The molecule has 2 aliphatic carbocycles. The predicted octanol–water partition coefficient (Wildman–Crippen LogP) is 4.56. The first kappa shape index (κ1) is 30.8. The fourth-order valence-electron chi connectivity index (χ4n) is 8.13. The minimum atomic E-state index is -1.16. The van der Waals surface area contributed by atoms with Gasteiger partial charge in [-0.05, 0) is 79.3 Å². The lowest BCUT2D eigenvalue weighted by atomic mass is 9.57. The number of imide groups is 2. The molecule has 4 amide bonds. The number of carbonyl (C=O) groups excluding carboxylic acids is 4. The zero-order valence-electron chi connectivity index (χ0n) is 25.5. The van der Waals surface area contributed by atoms with E-state index in [1.165, 1.54) is 48.5 Å². The molecule has 48 heavy (non-hydrogen) atoms. The molecule has 2 saturated heterocycles. The van der Waals surface area contributed by atoms with Crippen LogP contribution in [-0.4, -0.2) is 50.9 Å². The lowest BCUT2D eigenvalue weighted by Crippen LogP contribution is -2.43. The summed E-state index contributed by atoms with van der Waals surface area (Å²) in [4.78, 5) is 81.4. The second-order valence-electron chi connectivity index (χ2n) is 12.6. The Morgan fingerprint density at radius 2 is 1.27 bits per heavy atom. The Kier molecular flexibility index (Phi) is 7.34. The van der Waals surface area contributed by atoms with E-state index in [2.05, 4.69) is 6.58 Å². The van der Waals surface area contributed by atoms with Gasteiger partial charge < -0.3 is 15.3 Å². The fourth-order valence-corrected chi connectivity index (χ4v) is 8.13. The number of aromatic carboxylic acids is 2. The van der Waals surface area contributed by atoms with Crippen LogP contribution in [0.2, 0.25) is 0 Å². The summed E-state index contributed by atoms with van der Waals surface area (Å²) >= 11 is 0. The van der Waals surface area contributed by atoms with Gasteiger partial charge in [0.15, 0.2) is 0 Å². The van der Waals surface area contributed by atoms with Crippen LogP contribution in [0.25, 0.3) is 0 Å². The highest BCUT2D eigenvalue weighted by molar-refractivity contribution is 6.24. The number of nitrogens with zero attached hydrogens (tertiary/aromatic N) is 2. The summed E-state index contributed by atoms with van der Waals surface area (Å²) < 4.78 is 0. The Morgan fingerprint density at radius 3 is 1.81 bits per heavy atom. The van der Waals surface area contributed by atoms with Crippen LogP contribution in [-0.2, 0) is 25.6 Å². The maximum atomic E-state index is 14.3. The summed E-state index contributed by atoms with van der Waals surface area (Å²) in [5, 5.41) is 30.2. The number of carbonyl (C=O) groups is 6. The Morgan fingerprint density at radius 1 is 0.729 bits per heavy atom. The summed E-state index contributed by atoms with van der Waals surface area (Å²) in [7, 11) is 0. The van der Waals surface area contributed by atoms with Gasteiger partial charge in [0.25, 0.3) is 0 Å². The van der Waals surface area contributed by atoms with Crippen molar-refractivity contribution in [1.29, 1.82) is 0 Å². The Labute approximate surface area is 274 Å². The smallest absolute Gasteiger partial charge is 0.335 e. The highest BCUT2D eigenvalue weighted by Crippen LogP contribution is 2.59. The number of hydrogen-bond acceptors (Lipinski definition) is 7. The number of para-hydroxylation sites is 1. The largest absolute Gasteiger partial charge is 0.507 e. The van der Waals surface area contributed by atoms with E-state index in [1.807, 2.05) is 6.08 Å². The van der Waals surface area contributed by atoms with E-state index in [4.69, 9.17) is 0 Å². The fraction of sp³-hybridized carbons (Fsp3) is 0.243. The van der Waals surface area contributed by atoms with Crippen molar-refractivity contribution in [2.75, 3.05) is 9.80 Å². The first-order chi connectivity index (χ1) is 23.0. The van der Waals surface area contributed by atoms with Crippen molar-refractivity contribution in [2.45, 2.75) is 25.2 Å². The van der Waals surface area contributed by atoms with E-state index in [1.54, 1.807) is 24.3 Å². The number of hydrogen-bond donors (Lipinski definition) is 3. The quantitative estimate of drug-likeness (QED) is 0.246. The van der Waals surface area contributed by atoms with Crippen molar-refractivity contribution in [2.24, 2.45) is 29.6 Å². The van der Waals surface area contributed by atoms with E-state index in [9.17, 15) is 44.1 Å². The number of phenols is 1.